The first-order valence-electron chi connectivity index (χ1n) is 7.84. The molecule has 0 saturated carbocycles. The Morgan fingerprint density at radius 1 is 1.20 bits per heavy atom. The van der Waals surface area contributed by atoms with E-state index in [1.807, 2.05) is 6.07 Å². The van der Waals surface area contributed by atoms with Gasteiger partial charge in [-0.1, -0.05) is 6.07 Å². The Morgan fingerprint density at radius 2 is 1.96 bits per heavy atom. The number of hydrogen-bond donors (Lipinski definition) is 1. The minimum absolute atomic E-state index is 0.0116. The summed E-state index contributed by atoms with van der Waals surface area (Å²) in [6, 6.07) is 9.74. The van der Waals surface area contributed by atoms with Crippen molar-refractivity contribution in [3.63, 3.8) is 0 Å². The van der Waals surface area contributed by atoms with Gasteiger partial charge in [-0.05, 0) is 43.2 Å². The average Bonchev–Trinajstić information content (AvgIpc) is 2.98. The highest BCUT2D eigenvalue weighted by molar-refractivity contribution is 6.05. The quantitative estimate of drug-likeness (QED) is 0.687. The van der Waals surface area contributed by atoms with Crippen LogP contribution in [0.5, 0.6) is 0 Å². The second-order valence-electron chi connectivity index (χ2n) is 5.98. The van der Waals surface area contributed by atoms with Crippen molar-refractivity contribution in [1.29, 1.82) is 0 Å². The lowest BCUT2D eigenvalue weighted by Crippen LogP contribution is -2.25. The number of amides is 2. The third-order valence-corrected chi connectivity index (χ3v) is 4.28. The van der Waals surface area contributed by atoms with Crippen LogP contribution in [0.1, 0.15) is 28.4 Å². The average molecular weight is 339 g/mol. The Kier molecular flexibility index (Phi) is 4.22. The van der Waals surface area contributed by atoms with Gasteiger partial charge in [0.1, 0.15) is 0 Å². The predicted molar refractivity (Wildman–Crippen MR) is 94.0 cm³/mol. The van der Waals surface area contributed by atoms with Gasteiger partial charge in [0, 0.05) is 42.0 Å². The largest absolute Gasteiger partial charge is 0.322 e. The van der Waals surface area contributed by atoms with E-state index in [4.69, 9.17) is 0 Å². The number of fused-ring (bicyclic) bond motifs is 1. The number of nitro groups is 1. The molecule has 7 heteroatoms. The summed E-state index contributed by atoms with van der Waals surface area (Å²) in [5.74, 6) is -0.424. The molecule has 2 aromatic carbocycles. The number of hydrogen-bond acceptors (Lipinski definition) is 4. The van der Waals surface area contributed by atoms with Crippen molar-refractivity contribution in [1.82, 2.24) is 0 Å². The van der Waals surface area contributed by atoms with Gasteiger partial charge >= 0.3 is 0 Å². The van der Waals surface area contributed by atoms with Crippen LogP contribution in [0, 0.1) is 17.0 Å². The highest BCUT2D eigenvalue weighted by atomic mass is 16.6. The van der Waals surface area contributed by atoms with Crippen LogP contribution in [0.4, 0.5) is 17.1 Å². The van der Waals surface area contributed by atoms with Gasteiger partial charge in [0.25, 0.3) is 11.6 Å². The second kappa shape index (κ2) is 6.35. The Balaban J connectivity index is 1.82. The zero-order chi connectivity index (χ0) is 18.1. The lowest BCUT2D eigenvalue weighted by Gasteiger charge is -2.15. The Morgan fingerprint density at radius 3 is 2.64 bits per heavy atom. The molecule has 7 nitrogen and oxygen atoms in total. The molecule has 2 aromatic rings. The number of carbonyl (C=O) groups is 2. The number of carbonyl (C=O) groups excluding carboxylic acids is 2. The van der Waals surface area contributed by atoms with E-state index in [2.05, 4.69) is 5.32 Å². The van der Waals surface area contributed by atoms with Gasteiger partial charge in [-0.15, -0.1) is 0 Å². The number of aryl methyl sites for hydroxylation is 1. The van der Waals surface area contributed by atoms with E-state index in [-0.39, 0.29) is 17.2 Å². The van der Waals surface area contributed by atoms with Crippen molar-refractivity contribution in [2.75, 3.05) is 16.8 Å². The van der Waals surface area contributed by atoms with Crippen LogP contribution in [0.2, 0.25) is 0 Å². The fourth-order valence-electron chi connectivity index (χ4n) is 2.96. The molecule has 1 N–H and O–H groups in total. The van der Waals surface area contributed by atoms with Crippen LogP contribution in [0.3, 0.4) is 0 Å². The first kappa shape index (κ1) is 16.6. The monoisotopic (exact) mass is 339 g/mol. The molecule has 3 rings (SSSR count). The molecule has 1 heterocycles. The van der Waals surface area contributed by atoms with Crippen LogP contribution >= 0.6 is 0 Å². The number of nitrogens with zero attached hydrogens (tertiary/aromatic N) is 2. The van der Waals surface area contributed by atoms with Gasteiger partial charge in [-0.2, -0.15) is 0 Å². The topological polar surface area (TPSA) is 92.6 Å². The summed E-state index contributed by atoms with van der Waals surface area (Å²) < 4.78 is 0. The molecular formula is C18H17N3O4. The van der Waals surface area contributed by atoms with Crippen molar-refractivity contribution in [2.45, 2.75) is 20.3 Å². The van der Waals surface area contributed by atoms with E-state index in [0.29, 0.717) is 17.8 Å². The van der Waals surface area contributed by atoms with E-state index in [9.17, 15) is 19.7 Å². The summed E-state index contributed by atoms with van der Waals surface area (Å²) >= 11 is 0. The summed E-state index contributed by atoms with van der Waals surface area (Å²) in [4.78, 5) is 36.2. The summed E-state index contributed by atoms with van der Waals surface area (Å²) in [5, 5.41) is 13.8. The molecule has 0 radical (unpaired) electrons. The molecule has 0 saturated heterocycles. The molecule has 0 atom stereocenters. The zero-order valence-corrected chi connectivity index (χ0v) is 13.9. The minimum atomic E-state index is -0.502. The fraction of sp³-hybridized carbons (Fsp3) is 0.222. The molecule has 0 spiro atoms. The lowest BCUT2D eigenvalue weighted by molar-refractivity contribution is -0.385. The van der Waals surface area contributed by atoms with Crippen LogP contribution < -0.4 is 10.2 Å². The Bertz CT molecular complexity index is 892. The maximum atomic E-state index is 12.4. The van der Waals surface area contributed by atoms with Crippen molar-refractivity contribution >= 4 is 28.9 Å². The Labute approximate surface area is 144 Å². The van der Waals surface area contributed by atoms with E-state index < -0.39 is 10.8 Å². The molecule has 1 aliphatic rings. The zero-order valence-electron chi connectivity index (χ0n) is 13.9. The van der Waals surface area contributed by atoms with Gasteiger partial charge in [0.2, 0.25) is 5.91 Å². The van der Waals surface area contributed by atoms with Gasteiger partial charge in [-0.3, -0.25) is 19.7 Å². The summed E-state index contributed by atoms with van der Waals surface area (Å²) in [5.41, 5.74) is 3.09. The fourth-order valence-corrected chi connectivity index (χ4v) is 2.96. The maximum Gasteiger partial charge on any atom is 0.273 e. The van der Waals surface area contributed by atoms with Gasteiger partial charge < -0.3 is 10.2 Å². The Hall–Kier alpha value is -3.22. The molecule has 1 aliphatic heterocycles. The van der Waals surface area contributed by atoms with Crippen LogP contribution in [0.25, 0.3) is 0 Å². The first-order chi connectivity index (χ1) is 11.9. The van der Waals surface area contributed by atoms with E-state index in [1.165, 1.54) is 13.0 Å². The van der Waals surface area contributed by atoms with Crippen LogP contribution in [-0.2, 0) is 11.2 Å². The highest BCUT2D eigenvalue weighted by Gasteiger charge is 2.22. The van der Waals surface area contributed by atoms with Gasteiger partial charge in [0.05, 0.1) is 4.92 Å². The summed E-state index contributed by atoms with van der Waals surface area (Å²) in [6.07, 6.45) is 0.731. The number of nitro benzene ring substituents is 1. The normalized spacial score (nSPS) is 12.6. The molecule has 0 aromatic heterocycles. The number of nitrogens with one attached hydrogen (secondary N) is 1. The third-order valence-electron chi connectivity index (χ3n) is 4.28. The molecule has 0 aliphatic carbocycles. The minimum Gasteiger partial charge on any atom is -0.322 e. The lowest BCUT2D eigenvalue weighted by atomic mass is 10.1. The molecule has 2 amide bonds. The van der Waals surface area contributed by atoms with Crippen LogP contribution in [-0.4, -0.2) is 23.3 Å². The summed E-state index contributed by atoms with van der Waals surface area (Å²) in [7, 11) is 0. The van der Waals surface area contributed by atoms with Crippen molar-refractivity contribution in [2.24, 2.45) is 0 Å². The molecule has 0 fully saturated rings. The first-order valence-corrected chi connectivity index (χ1v) is 7.84. The number of anilines is 2. The molecule has 0 unspecified atom stereocenters. The molecular weight excluding hydrogens is 322 g/mol. The number of benzene rings is 2. The van der Waals surface area contributed by atoms with Gasteiger partial charge in [0.15, 0.2) is 0 Å². The highest BCUT2D eigenvalue weighted by Crippen LogP contribution is 2.30. The smallest absolute Gasteiger partial charge is 0.273 e. The SMILES string of the molecule is CC(=O)N1CCc2cc(NC(=O)c3ccc(C)c([N+](=O)[O-])c3)ccc21. The molecule has 128 valence electrons. The third kappa shape index (κ3) is 3.21. The van der Waals surface area contributed by atoms with E-state index in [0.717, 1.165) is 17.7 Å². The van der Waals surface area contributed by atoms with Crippen LogP contribution in [0.15, 0.2) is 36.4 Å². The number of rotatable bonds is 3. The van der Waals surface area contributed by atoms with Crippen molar-refractivity contribution in [3.05, 3.63) is 63.2 Å². The predicted octanol–water partition coefficient (Wildman–Crippen LogP) is 3.06. The second-order valence-corrected chi connectivity index (χ2v) is 5.98. The summed E-state index contributed by atoms with van der Waals surface area (Å²) in [6.45, 7) is 3.78. The maximum absolute atomic E-state index is 12.4. The standard InChI is InChI=1S/C18H17N3O4/c1-11-3-4-14(10-17(11)21(24)25)18(23)19-15-5-6-16-13(9-15)7-8-20(16)12(2)22/h3-6,9-10H,7-8H2,1-2H3,(H,19,23). The van der Waals surface area contributed by atoms with Crippen molar-refractivity contribution < 1.29 is 14.5 Å². The molecule has 25 heavy (non-hydrogen) atoms. The van der Waals surface area contributed by atoms with Gasteiger partial charge in [-0.25, -0.2) is 0 Å². The van der Waals surface area contributed by atoms with E-state index in [1.54, 1.807) is 36.1 Å². The van der Waals surface area contributed by atoms with E-state index >= 15 is 0 Å². The molecule has 0 bridgehead atoms. The van der Waals surface area contributed by atoms with Crippen molar-refractivity contribution in [3.8, 4) is 0 Å².